The van der Waals surface area contributed by atoms with Gasteiger partial charge in [-0.1, -0.05) is 23.2 Å². The number of rotatable bonds is 4. The monoisotopic (exact) mass is 483 g/mol. The highest BCUT2D eigenvalue weighted by Crippen LogP contribution is 2.38. The maximum absolute atomic E-state index is 12.1. The molecule has 0 bridgehead atoms. The summed E-state index contributed by atoms with van der Waals surface area (Å²) in [6, 6.07) is 4.57. The van der Waals surface area contributed by atoms with Gasteiger partial charge in [-0.25, -0.2) is 13.1 Å². The molecule has 3 heterocycles. The molecule has 8 nitrogen and oxygen atoms in total. The molecule has 1 aliphatic heterocycles. The van der Waals surface area contributed by atoms with Crippen molar-refractivity contribution in [2.45, 2.75) is 4.90 Å². The number of aromatic nitrogens is 1. The van der Waals surface area contributed by atoms with Gasteiger partial charge in [0.2, 0.25) is 10.0 Å². The Labute approximate surface area is 184 Å². The van der Waals surface area contributed by atoms with Crippen molar-refractivity contribution in [1.29, 1.82) is 0 Å². The molecule has 0 unspecified atom stereocenters. The predicted molar refractivity (Wildman–Crippen MR) is 115 cm³/mol. The number of halogens is 2. The number of pyridine rings is 1. The van der Waals surface area contributed by atoms with Crippen molar-refractivity contribution < 1.29 is 22.4 Å². The molecule has 0 aliphatic carbocycles. The summed E-state index contributed by atoms with van der Waals surface area (Å²) >= 11 is 13.2. The van der Waals surface area contributed by atoms with Crippen LogP contribution in [0.3, 0.4) is 0 Å². The number of fused-ring (bicyclic) bond motifs is 1. The van der Waals surface area contributed by atoms with Crippen LogP contribution in [0.4, 0.5) is 4.79 Å². The highest BCUT2D eigenvalue weighted by atomic mass is 35.5. The van der Waals surface area contributed by atoms with E-state index in [-0.39, 0.29) is 19.8 Å². The van der Waals surface area contributed by atoms with Crippen LogP contribution in [-0.4, -0.2) is 31.6 Å². The molecule has 2 aromatic heterocycles. The lowest BCUT2D eigenvalue weighted by Crippen LogP contribution is -2.19. The first-order valence-electron chi connectivity index (χ1n) is 8.25. The van der Waals surface area contributed by atoms with Crippen LogP contribution >= 0.6 is 35.0 Å². The number of carbonyl (C=O) groups excluding carboxylic acids is 2. The van der Waals surface area contributed by atoms with Gasteiger partial charge in [-0.15, -0.1) is 0 Å². The molecular weight excluding hydrogens is 473 g/mol. The lowest BCUT2D eigenvalue weighted by Gasteiger charge is -2.10. The van der Waals surface area contributed by atoms with E-state index in [9.17, 15) is 18.0 Å². The van der Waals surface area contributed by atoms with Crippen molar-refractivity contribution >= 4 is 73.2 Å². The van der Waals surface area contributed by atoms with E-state index < -0.39 is 21.2 Å². The zero-order valence-corrected chi connectivity index (χ0v) is 18.2. The van der Waals surface area contributed by atoms with Gasteiger partial charge < -0.3 is 4.42 Å². The van der Waals surface area contributed by atoms with Gasteiger partial charge in [0, 0.05) is 29.4 Å². The highest BCUT2D eigenvalue weighted by molar-refractivity contribution is 8.18. The predicted octanol–water partition coefficient (Wildman–Crippen LogP) is 4.03. The summed E-state index contributed by atoms with van der Waals surface area (Å²) in [6.45, 7) is 0. The summed E-state index contributed by atoms with van der Waals surface area (Å²) in [4.78, 5) is 27.2. The average Bonchev–Trinajstić information content (AvgIpc) is 3.22. The fourth-order valence-corrected chi connectivity index (χ4v) is 5.48. The minimum absolute atomic E-state index is 0.0599. The minimum Gasteiger partial charge on any atom is -0.456 e. The molecule has 0 atom stereocenters. The van der Waals surface area contributed by atoms with Gasteiger partial charge in [0.05, 0.1) is 15.0 Å². The summed E-state index contributed by atoms with van der Waals surface area (Å²) in [7, 11) is -2.59. The third-order valence-corrected chi connectivity index (χ3v) is 7.35. The number of nitrogens with zero attached hydrogens (tertiary/aromatic N) is 1. The number of benzene rings is 1. The maximum Gasteiger partial charge on any atom is 0.290 e. The number of carbonyl (C=O) groups is 2. The lowest BCUT2D eigenvalue weighted by molar-refractivity contribution is -0.115. The normalized spacial score (nSPS) is 15.9. The molecule has 1 saturated heterocycles. The highest BCUT2D eigenvalue weighted by Gasteiger charge is 2.26. The summed E-state index contributed by atoms with van der Waals surface area (Å²) in [5, 5.41) is 2.23. The Morgan fingerprint density at radius 2 is 1.87 bits per heavy atom. The van der Waals surface area contributed by atoms with E-state index in [1.807, 2.05) is 0 Å². The number of nitrogens with one attached hydrogen (secondary N) is 2. The van der Waals surface area contributed by atoms with Crippen molar-refractivity contribution in [2.24, 2.45) is 0 Å². The van der Waals surface area contributed by atoms with Gasteiger partial charge >= 0.3 is 0 Å². The van der Waals surface area contributed by atoms with Crippen molar-refractivity contribution in [3.05, 3.63) is 51.3 Å². The molecule has 1 aromatic carbocycles. The largest absolute Gasteiger partial charge is 0.456 e. The Kier molecular flexibility index (Phi) is 5.37. The Hall–Kier alpha value is -2.37. The number of furan rings is 1. The zero-order valence-electron chi connectivity index (χ0n) is 15.0. The second kappa shape index (κ2) is 7.71. The van der Waals surface area contributed by atoms with Gasteiger partial charge in [-0.05, 0) is 42.6 Å². The van der Waals surface area contributed by atoms with Gasteiger partial charge in [0.15, 0.2) is 0 Å². The van der Waals surface area contributed by atoms with Crippen molar-refractivity contribution in [3.8, 4) is 11.1 Å². The van der Waals surface area contributed by atoms with E-state index in [2.05, 4.69) is 15.0 Å². The summed E-state index contributed by atoms with van der Waals surface area (Å²) in [5.41, 5.74) is 1.45. The first-order valence-corrected chi connectivity index (χ1v) is 11.3. The van der Waals surface area contributed by atoms with E-state index in [0.29, 0.717) is 27.9 Å². The summed E-state index contributed by atoms with van der Waals surface area (Å²) < 4.78 is 32.3. The summed E-state index contributed by atoms with van der Waals surface area (Å²) in [6.07, 6.45) is 4.55. The molecule has 0 saturated carbocycles. The van der Waals surface area contributed by atoms with E-state index >= 15 is 0 Å². The van der Waals surface area contributed by atoms with Crippen LogP contribution in [0, 0.1) is 0 Å². The molecule has 1 fully saturated rings. The molecule has 4 rings (SSSR count). The zero-order chi connectivity index (χ0) is 21.6. The number of sulfonamides is 1. The maximum atomic E-state index is 12.1. The standard InChI is InChI=1S/C18H11Cl2N3O5S2/c1-21-30(26,27)16-12(19)3-8(4-13(16)20)11-7-22-6-9-2-10(28-15(9)11)5-14-17(24)23-18(25)29-14/h2-7,21H,1H3,(H,23,24,25)/b14-5-. The second-order valence-corrected chi connectivity index (χ2v) is 9.74. The minimum atomic E-state index is -3.85. The molecule has 0 spiro atoms. The number of amides is 2. The number of thioether (sulfide) groups is 1. The summed E-state index contributed by atoms with van der Waals surface area (Å²) in [5.74, 6) is -0.151. The number of hydrogen-bond acceptors (Lipinski definition) is 7. The average molecular weight is 484 g/mol. The number of hydrogen-bond donors (Lipinski definition) is 2. The van der Waals surface area contributed by atoms with Crippen LogP contribution in [0.1, 0.15) is 5.76 Å². The van der Waals surface area contributed by atoms with Gasteiger partial charge in [0.25, 0.3) is 11.1 Å². The van der Waals surface area contributed by atoms with Crippen LogP contribution in [0.2, 0.25) is 10.0 Å². The molecular formula is C18H11Cl2N3O5S2. The molecule has 2 N–H and O–H groups in total. The first-order chi connectivity index (χ1) is 14.2. The third kappa shape index (κ3) is 3.72. The van der Waals surface area contributed by atoms with Gasteiger partial charge in [-0.2, -0.15) is 0 Å². The lowest BCUT2D eigenvalue weighted by atomic mass is 10.1. The van der Waals surface area contributed by atoms with E-state index in [4.69, 9.17) is 27.6 Å². The van der Waals surface area contributed by atoms with Crippen molar-refractivity contribution in [1.82, 2.24) is 15.0 Å². The molecule has 3 aromatic rings. The molecule has 2 amide bonds. The molecule has 30 heavy (non-hydrogen) atoms. The Morgan fingerprint density at radius 1 is 1.17 bits per heavy atom. The van der Waals surface area contributed by atoms with Crippen LogP contribution in [0.5, 0.6) is 0 Å². The SMILES string of the molecule is CNS(=O)(=O)c1c(Cl)cc(-c2cncc3cc(/C=C4\SC(=O)NC4=O)oc23)cc1Cl. The fourth-order valence-electron chi connectivity index (χ4n) is 2.88. The molecule has 1 aliphatic rings. The van der Waals surface area contributed by atoms with Crippen LogP contribution in [-0.2, 0) is 14.8 Å². The molecule has 0 radical (unpaired) electrons. The van der Waals surface area contributed by atoms with E-state index in [1.54, 1.807) is 12.3 Å². The number of imide groups is 1. The van der Waals surface area contributed by atoms with Crippen molar-refractivity contribution in [3.63, 3.8) is 0 Å². The Balaban J connectivity index is 1.83. The van der Waals surface area contributed by atoms with Crippen LogP contribution in [0.15, 0.2) is 44.8 Å². The van der Waals surface area contributed by atoms with Gasteiger partial charge in [-0.3, -0.25) is 19.9 Å². The fraction of sp³-hybridized carbons (Fsp3) is 0.0556. The van der Waals surface area contributed by atoms with E-state index in [0.717, 1.165) is 11.8 Å². The van der Waals surface area contributed by atoms with Crippen LogP contribution in [0.25, 0.3) is 28.2 Å². The van der Waals surface area contributed by atoms with E-state index in [1.165, 1.54) is 31.5 Å². The smallest absolute Gasteiger partial charge is 0.290 e. The van der Waals surface area contributed by atoms with Crippen LogP contribution < -0.4 is 10.0 Å². The Bertz CT molecular complexity index is 1340. The van der Waals surface area contributed by atoms with Crippen molar-refractivity contribution in [2.75, 3.05) is 7.05 Å². The Morgan fingerprint density at radius 3 is 2.47 bits per heavy atom. The first kappa shape index (κ1) is 20.9. The molecule has 12 heteroatoms. The second-order valence-electron chi connectivity index (χ2n) is 6.08. The van der Waals surface area contributed by atoms with Gasteiger partial charge in [0.1, 0.15) is 16.2 Å². The third-order valence-electron chi connectivity index (χ3n) is 4.20. The topological polar surface area (TPSA) is 118 Å². The molecule has 154 valence electrons. The quantitative estimate of drug-likeness (QED) is 0.537.